The van der Waals surface area contributed by atoms with Crippen molar-refractivity contribution in [3.63, 3.8) is 0 Å². The minimum absolute atomic E-state index is 0.0428. The smallest absolute Gasteiger partial charge is 0.410 e. The fourth-order valence-electron chi connectivity index (χ4n) is 4.79. The number of likely N-dealkylation sites (tertiary alicyclic amines) is 1. The van der Waals surface area contributed by atoms with Gasteiger partial charge in [-0.05, 0) is 78.3 Å². The van der Waals surface area contributed by atoms with E-state index in [4.69, 9.17) is 9.47 Å². The molecule has 212 valence electrons. The molecule has 1 aliphatic heterocycles. The van der Waals surface area contributed by atoms with Crippen LogP contribution in [0.15, 0.2) is 0 Å². The molecule has 0 aliphatic carbocycles. The number of nitrogens with zero attached hydrogens (tertiary/aromatic N) is 2. The van der Waals surface area contributed by atoms with E-state index in [1.165, 1.54) is 51.4 Å². The third-order valence-corrected chi connectivity index (χ3v) is 7.06. The topological polar surface area (TPSA) is 59.1 Å². The van der Waals surface area contributed by atoms with Crippen LogP contribution in [-0.4, -0.2) is 66.8 Å². The fraction of sp³-hybridized carbons (Fsp3) is 0.933. The second-order valence-electron chi connectivity index (χ2n) is 11.7. The van der Waals surface area contributed by atoms with Gasteiger partial charge in [-0.2, -0.15) is 0 Å². The number of rotatable bonds is 19. The van der Waals surface area contributed by atoms with Crippen molar-refractivity contribution in [1.82, 2.24) is 9.80 Å². The van der Waals surface area contributed by atoms with Crippen LogP contribution in [0, 0.1) is 5.92 Å². The van der Waals surface area contributed by atoms with Crippen molar-refractivity contribution in [2.75, 3.05) is 39.3 Å². The van der Waals surface area contributed by atoms with Gasteiger partial charge in [-0.15, -0.1) is 0 Å². The molecule has 0 saturated carbocycles. The first-order valence-corrected chi connectivity index (χ1v) is 15.1. The lowest BCUT2D eigenvalue weighted by Crippen LogP contribution is -2.42. The number of ether oxygens (including phenoxy) is 2. The van der Waals surface area contributed by atoms with E-state index in [1.54, 1.807) is 0 Å². The first kappa shape index (κ1) is 32.7. The lowest BCUT2D eigenvalue weighted by atomic mass is 9.93. The summed E-state index contributed by atoms with van der Waals surface area (Å²) >= 11 is 0. The molecule has 1 fully saturated rings. The van der Waals surface area contributed by atoms with Crippen LogP contribution in [0.4, 0.5) is 4.79 Å². The van der Waals surface area contributed by atoms with Gasteiger partial charge in [0.05, 0.1) is 6.61 Å². The Morgan fingerprint density at radius 2 is 1.39 bits per heavy atom. The van der Waals surface area contributed by atoms with Crippen molar-refractivity contribution < 1.29 is 19.1 Å². The third kappa shape index (κ3) is 17.2. The van der Waals surface area contributed by atoms with Crippen LogP contribution in [0.2, 0.25) is 0 Å². The normalized spacial score (nSPS) is 14.9. The molecular weight excluding hydrogens is 452 g/mol. The molecule has 0 atom stereocenters. The Morgan fingerprint density at radius 3 is 2.03 bits per heavy atom. The van der Waals surface area contributed by atoms with Gasteiger partial charge in [0.25, 0.3) is 0 Å². The minimum Gasteiger partial charge on any atom is -0.466 e. The number of carbonyl (C=O) groups is 2. The molecule has 1 heterocycles. The van der Waals surface area contributed by atoms with E-state index >= 15 is 0 Å². The highest BCUT2D eigenvalue weighted by molar-refractivity contribution is 5.69. The lowest BCUT2D eigenvalue weighted by Gasteiger charge is -2.34. The Kier molecular flexibility index (Phi) is 18.0. The Bertz CT molecular complexity index is 568. The highest BCUT2D eigenvalue weighted by Gasteiger charge is 2.27. The van der Waals surface area contributed by atoms with Crippen LogP contribution in [0.1, 0.15) is 131 Å². The molecular formula is C30H58N2O4. The van der Waals surface area contributed by atoms with E-state index < -0.39 is 5.60 Å². The zero-order chi connectivity index (χ0) is 26.7. The summed E-state index contributed by atoms with van der Waals surface area (Å²) in [6.45, 7) is 15.5. The molecule has 0 aromatic heterocycles. The summed E-state index contributed by atoms with van der Waals surface area (Å²) < 4.78 is 11.0. The Morgan fingerprint density at radius 1 is 0.806 bits per heavy atom. The average Bonchev–Trinajstić information content (AvgIpc) is 2.83. The van der Waals surface area contributed by atoms with Gasteiger partial charge in [-0.25, -0.2) is 4.79 Å². The van der Waals surface area contributed by atoms with Gasteiger partial charge in [0.2, 0.25) is 0 Å². The number of hydrogen-bond acceptors (Lipinski definition) is 5. The summed E-state index contributed by atoms with van der Waals surface area (Å²) in [7, 11) is 0. The van der Waals surface area contributed by atoms with E-state index in [0.717, 1.165) is 71.2 Å². The Balaban J connectivity index is 2.36. The van der Waals surface area contributed by atoms with Crippen molar-refractivity contribution >= 4 is 12.1 Å². The molecule has 0 aromatic carbocycles. The number of esters is 1. The maximum Gasteiger partial charge on any atom is 0.410 e. The predicted octanol–water partition coefficient (Wildman–Crippen LogP) is 7.59. The van der Waals surface area contributed by atoms with Crippen LogP contribution < -0.4 is 0 Å². The molecule has 6 nitrogen and oxygen atoms in total. The van der Waals surface area contributed by atoms with Crippen molar-refractivity contribution in [2.24, 2.45) is 5.92 Å². The first-order valence-electron chi connectivity index (χ1n) is 15.1. The van der Waals surface area contributed by atoms with Crippen molar-refractivity contribution in [3.8, 4) is 0 Å². The van der Waals surface area contributed by atoms with Gasteiger partial charge in [0.15, 0.2) is 0 Å². The summed E-state index contributed by atoms with van der Waals surface area (Å²) in [5.41, 5.74) is -0.436. The number of piperidine rings is 1. The highest BCUT2D eigenvalue weighted by atomic mass is 16.6. The average molecular weight is 511 g/mol. The second kappa shape index (κ2) is 19.8. The van der Waals surface area contributed by atoms with Gasteiger partial charge in [0.1, 0.15) is 5.60 Å². The van der Waals surface area contributed by atoms with Gasteiger partial charge >= 0.3 is 12.1 Å². The largest absolute Gasteiger partial charge is 0.466 e. The quantitative estimate of drug-likeness (QED) is 0.132. The van der Waals surface area contributed by atoms with Crippen LogP contribution >= 0.6 is 0 Å². The van der Waals surface area contributed by atoms with Gasteiger partial charge < -0.3 is 19.3 Å². The minimum atomic E-state index is -0.436. The Hall–Kier alpha value is -1.30. The lowest BCUT2D eigenvalue weighted by molar-refractivity contribution is -0.144. The molecule has 0 radical (unpaired) electrons. The van der Waals surface area contributed by atoms with Crippen molar-refractivity contribution in [2.45, 2.75) is 137 Å². The van der Waals surface area contributed by atoms with E-state index in [-0.39, 0.29) is 12.1 Å². The zero-order valence-corrected chi connectivity index (χ0v) is 24.5. The molecule has 0 unspecified atom stereocenters. The molecule has 1 aliphatic rings. The van der Waals surface area contributed by atoms with E-state index in [0.29, 0.717) is 18.9 Å². The maximum absolute atomic E-state index is 12.3. The molecule has 36 heavy (non-hydrogen) atoms. The third-order valence-electron chi connectivity index (χ3n) is 7.06. The standard InChI is InChI=1S/C30H58N2O4/c1-6-8-10-11-12-13-15-21-31(22-16-26-35-28(33)17-14-9-7-2)23-18-27-19-24-32(25-20-27)29(34)36-30(3,4)5/h27H,6-26H2,1-5H3. The van der Waals surface area contributed by atoms with Gasteiger partial charge in [0, 0.05) is 26.1 Å². The van der Waals surface area contributed by atoms with Gasteiger partial charge in [-0.3, -0.25) is 4.79 Å². The molecule has 0 aromatic rings. The molecule has 0 N–H and O–H groups in total. The summed E-state index contributed by atoms with van der Waals surface area (Å²) in [4.78, 5) is 28.7. The van der Waals surface area contributed by atoms with Gasteiger partial charge in [-0.1, -0.05) is 65.2 Å². The molecule has 1 amide bonds. The maximum atomic E-state index is 12.3. The van der Waals surface area contributed by atoms with Crippen LogP contribution in [0.5, 0.6) is 0 Å². The van der Waals surface area contributed by atoms with Crippen LogP contribution in [0.25, 0.3) is 0 Å². The summed E-state index contributed by atoms with van der Waals surface area (Å²) in [6, 6.07) is 0. The predicted molar refractivity (Wildman–Crippen MR) is 149 cm³/mol. The van der Waals surface area contributed by atoms with Crippen molar-refractivity contribution in [1.29, 1.82) is 0 Å². The van der Waals surface area contributed by atoms with Crippen molar-refractivity contribution in [3.05, 3.63) is 0 Å². The number of amides is 1. The number of hydrogen-bond donors (Lipinski definition) is 0. The molecule has 6 heteroatoms. The summed E-state index contributed by atoms with van der Waals surface area (Å²) in [5, 5.41) is 0. The number of unbranched alkanes of at least 4 members (excludes halogenated alkanes) is 8. The number of carbonyl (C=O) groups excluding carboxylic acids is 2. The second-order valence-corrected chi connectivity index (χ2v) is 11.7. The molecule has 1 saturated heterocycles. The summed E-state index contributed by atoms with van der Waals surface area (Å²) in [5.74, 6) is 0.621. The zero-order valence-electron chi connectivity index (χ0n) is 24.5. The Labute approximate surface area is 222 Å². The van der Waals surface area contributed by atoms with Crippen LogP contribution in [-0.2, 0) is 14.3 Å². The summed E-state index contributed by atoms with van der Waals surface area (Å²) in [6.07, 6.45) is 17.0. The van der Waals surface area contributed by atoms with E-state index in [2.05, 4.69) is 18.7 Å². The fourth-order valence-corrected chi connectivity index (χ4v) is 4.79. The molecule has 0 spiro atoms. The first-order chi connectivity index (χ1) is 17.2. The highest BCUT2D eigenvalue weighted by Crippen LogP contribution is 2.23. The SMILES string of the molecule is CCCCCCCCCN(CCCOC(=O)CCCCC)CCC1CCN(C(=O)OC(C)(C)C)CC1. The molecule has 1 rings (SSSR count). The van der Waals surface area contributed by atoms with E-state index in [1.807, 2.05) is 25.7 Å². The van der Waals surface area contributed by atoms with E-state index in [9.17, 15) is 9.59 Å². The molecule has 0 bridgehead atoms. The monoisotopic (exact) mass is 510 g/mol. The van der Waals surface area contributed by atoms with Crippen LogP contribution in [0.3, 0.4) is 0 Å².